The number of hydrogen-bond acceptors (Lipinski definition) is 5. The van der Waals surface area contributed by atoms with Gasteiger partial charge in [0.15, 0.2) is 5.82 Å². The van der Waals surface area contributed by atoms with Gasteiger partial charge in [0.05, 0.1) is 6.61 Å². The van der Waals surface area contributed by atoms with Crippen LogP contribution in [0.15, 0.2) is 30.5 Å². The van der Waals surface area contributed by atoms with Crippen LogP contribution in [-0.4, -0.2) is 22.7 Å². The molecule has 3 rings (SSSR count). The molecule has 1 aliphatic carbocycles. The lowest BCUT2D eigenvalue weighted by molar-refractivity contribution is 0.0978. The van der Waals surface area contributed by atoms with E-state index >= 15 is 0 Å². The van der Waals surface area contributed by atoms with E-state index in [0.717, 1.165) is 43.0 Å². The number of nitrogens with zero attached hydrogens (tertiary/aromatic N) is 2. The van der Waals surface area contributed by atoms with Crippen LogP contribution in [0.5, 0.6) is 5.75 Å². The third-order valence-corrected chi connectivity index (χ3v) is 6.25. The van der Waals surface area contributed by atoms with Crippen molar-refractivity contribution in [3.05, 3.63) is 41.7 Å². The van der Waals surface area contributed by atoms with Crippen LogP contribution in [0, 0.1) is 5.92 Å². The maximum absolute atomic E-state index is 11.7. The fourth-order valence-electron chi connectivity index (χ4n) is 4.28. The lowest BCUT2D eigenvalue weighted by atomic mass is 9.84. The van der Waals surface area contributed by atoms with Crippen LogP contribution in [0.1, 0.15) is 89.3 Å². The van der Waals surface area contributed by atoms with E-state index < -0.39 is 6.16 Å². The Hall–Kier alpha value is -2.43. The van der Waals surface area contributed by atoms with Crippen LogP contribution in [-0.2, 0) is 17.6 Å². The molecule has 0 N–H and O–H groups in total. The summed E-state index contributed by atoms with van der Waals surface area (Å²) in [6, 6.07) is 7.30. The molecule has 1 aromatic carbocycles. The van der Waals surface area contributed by atoms with Crippen LogP contribution in [0.3, 0.4) is 0 Å². The number of carbonyl (C=O) groups excluding carboxylic acids is 1. The minimum Gasteiger partial charge on any atom is -0.434 e. The standard InChI is InChI=1S/C27H38N2O3/c1-3-5-7-8-9-10-11-21-12-17-25-23(19-21)20-28-26(29-25)22-13-15-24(16-14-22)32-27(30)31-18-6-4-2/h13-16,20-21H,3-12,17-19H2,1-2H3. The van der Waals surface area contributed by atoms with Gasteiger partial charge in [-0.2, -0.15) is 0 Å². The van der Waals surface area contributed by atoms with Crippen molar-refractivity contribution in [1.82, 2.24) is 9.97 Å². The van der Waals surface area contributed by atoms with Gasteiger partial charge in [-0.25, -0.2) is 14.8 Å². The van der Waals surface area contributed by atoms with Crippen LogP contribution < -0.4 is 4.74 Å². The highest BCUT2D eigenvalue weighted by Gasteiger charge is 2.20. The first-order chi connectivity index (χ1) is 15.7. The number of rotatable bonds is 12. The third-order valence-electron chi connectivity index (χ3n) is 6.25. The molecular formula is C27H38N2O3. The van der Waals surface area contributed by atoms with E-state index in [4.69, 9.17) is 14.5 Å². The van der Waals surface area contributed by atoms with Crippen LogP contribution in [0.4, 0.5) is 4.79 Å². The normalized spacial score (nSPS) is 15.2. The van der Waals surface area contributed by atoms with Crippen LogP contribution in [0.2, 0.25) is 0 Å². The number of hydrogen-bond donors (Lipinski definition) is 0. The predicted molar refractivity (Wildman–Crippen MR) is 128 cm³/mol. The van der Waals surface area contributed by atoms with Gasteiger partial charge in [-0.05, 0) is 61.4 Å². The Morgan fingerprint density at radius 2 is 1.75 bits per heavy atom. The Kier molecular flexibility index (Phi) is 9.98. The molecule has 1 heterocycles. The zero-order chi connectivity index (χ0) is 22.6. The second-order valence-corrected chi connectivity index (χ2v) is 8.91. The molecule has 174 valence electrons. The van der Waals surface area contributed by atoms with Crippen molar-refractivity contribution < 1.29 is 14.3 Å². The van der Waals surface area contributed by atoms with Gasteiger partial charge in [0.1, 0.15) is 5.75 Å². The van der Waals surface area contributed by atoms with Crippen molar-refractivity contribution in [1.29, 1.82) is 0 Å². The molecular weight excluding hydrogens is 400 g/mol. The molecule has 0 saturated heterocycles. The number of ether oxygens (including phenoxy) is 2. The molecule has 1 unspecified atom stereocenters. The molecule has 0 bridgehead atoms. The van der Waals surface area contributed by atoms with Gasteiger partial charge in [-0.3, -0.25) is 0 Å². The zero-order valence-corrected chi connectivity index (χ0v) is 19.8. The number of benzene rings is 1. The Morgan fingerprint density at radius 3 is 2.53 bits per heavy atom. The molecule has 1 aliphatic rings. The van der Waals surface area contributed by atoms with Crippen molar-refractivity contribution in [3.8, 4) is 17.1 Å². The lowest BCUT2D eigenvalue weighted by Crippen LogP contribution is -2.16. The van der Waals surface area contributed by atoms with E-state index in [1.807, 2.05) is 25.3 Å². The minimum absolute atomic E-state index is 0.385. The fourth-order valence-corrected chi connectivity index (χ4v) is 4.28. The summed E-state index contributed by atoms with van der Waals surface area (Å²) >= 11 is 0. The second kappa shape index (κ2) is 13.2. The summed E-state index contributed by atoms with van der Waals surface area (Å²) in [6.45, 7) is 4.70. The summed E-state index contributed by atoms with van der Waals surface area (Å²) in [5.41, 5.74) is 3.42. The number of aryl methyl sites for hydroxylation is 1. The summed E-state index contributed by atoms with van der Waals surface area (Å²) in [5.74, 6) is 1.97. The van der Waals surface area contributed by atoms with Crippen molar-refractivity contribution in [2.45, 2.75) is 90.9 Å². The Balaban J connectivity index is 1.49. The van der Waals surface area contributed by atoms with Gasteiger partial charge >= 0.3 is 6.16 Å². The molecule has 0 amide bonds. The number of aromatic nitrogens is 2. The molecule has 0 aliphatic heterocycles. The fraction of sp³-hybridized carbons (Fsp3) is 0.593. The van der Waals surface area contributed by atoms with E-state index in [2.05, 4.69) is 11.9 Å². The third kappa shape index (κ3) is 7.61. The Labute approximate surface area is 193 Å². The maximum atomic E-state index is 11.7. The van der Waals surface area contributed by atoms with E-state index in [0.29, 0.717) is 12.4 Å². The average molecular weight is 439 g/mol. The van der Waals surface area contributed by atoms with Crippen molar-refractivity contribution in [2.75, 3.05) is 6.61 Å². The molecule has 0 fully saturated rings. The highest BCUT2D eigenvalue weighted by atomic mass is 16.7. The van der Waals surface area contributed by atoms with Gasteiger partial charge in [-0.15, -0.1) is 0 Å². The van der Waals surface area contributed by atoms with Crippen molar-refractivity contribution in [3.63, 3.8) is 0 Å². The molecule has 0 radical (unpaired) electrons. The number of carbonyl (C=O) groups is 1. The first-order valence-corrected chi connectivity index (χ1v) is 12.5. The van der Waals surface area contributed by atoms with Gasteiger partial charge in [0.25, 0.3) is 0 Å². The largest absolute Gasteiger partial charge is 0.513 e. The van der Waals surface area contributed by atoms with Crippen molar-refractivity contribution >= 4 is 6.16 Å². The highest BCUT2D eigenvalue weighted by molar-refractivity contribution is 5.65. The minimum atomic E-state index is -0.660. The van der Waals surface area contributed by atoms with Gasteiger partial charge < -0.3 is 9.47 Å². The lowest BCUT2D eigenvalue weighted by Gasteiger charge is -2.24. The first kappa shape index (κ1) is 24.2. The molecule has 0 saturated carbocycles. The molecule has 0 spiro atoms. The molecule has 5 heteroatoms. The molecule has 1 aromatic heterocycles. The van der Waals surface area contributed by atoms with E-state index in [1.54, 1.807) is 12.1 Å². The van der Waals surface area contributed by atoms with E-state index in [9.17, 15) is 4.79 Å². The van der Waals surface area contributed by atoms with Crippen molar-refractivity contribution in [2.24, 2.45) is 5.92 Å². The maximum Gasteiger partial charge on any atom is 0.513 e. The summed E-state index contributed by atoms with van der Waals surface area (Å²) in [4.78, 5) is 21.2. The smallest absolute Gasteiger partial charge is 0.434 e. The summed E-state index contributed by atoms with van der Waals surface area (Å²) < 4.78 is 10.2. The second-order valence-electron chi connectivity index (χ2n) is 8.91. The van der Waals surface area contributed by atoms with E-state index in [1.165, 1.54) is 62.6 Å². The summed E-state index contributed by atoms with van der Waals surface area (Å²) in [6.07, 6.45) is 16.0. The molecule has 2 aromatic rings. The van der Waals surface area contributed by atoms with Gasteiger partial charge in [0, 0.05) is 17.5 Å². The zero-order valence-electron chi connectivity index (χ0n) is 19.8. The molecule has 5 nitrogen and oxygen atoms in total. The average Bonchev–Trinajstić information content (AvgIpc) is 2.81. The number of unbranched alkanes of at least 4 members (excludes halogenated alkanes) is 6. The van der Waals surface area contributed by atoms with E-state index in [-0.39, 0.29) is 0 Å². The monoisotopic (exact) mass is 438 g/mol. The Bertz CT molecular complexity index is 835. The van der Waals surface area contributed by atoms with Crippen LogP contribution in [0.25, 0.3) is 11.4 Å². The van der Waals surface area contributed by atoms with Gasteiger partial charge in [-0.1, -0.05) is 65.2 Å². The van der Waals surface area contributed by atoms with Gasteiger partial charge in [0.2, 0.25) is 0 Å². The highest BCUT2D eigenvalue weighted by Crippen LogP contribution is 2.29. The number of fused-ring (bicyclic) bond motifs is 1. The Morgan fingerprint density at radius 1 is 1.00 bits per heavy atom. The predicted octanol–water partition coefficient (Wildman–Crippen LogP) is 7.31. The SMILES string of the molecule is CCCCCCCCC1CCc2nc(-c3ccc(OC(=O)OCCCC)cc3)ncc2C1. The van der Waals surface area contributed by atoms with Crippen LogP contribution >= 0.6 is 0 Å². The topological polar surface area (TPSA) is 61.3 Å². The molecule has 32 heavy (non-hydrogen) atoms. The quantitative estimate of drug-likeness (QED) is 0.197. The summed E-state index contributed by atoms with van der Waals surface area (Å²) in [7, 11) is 0. The first-order valence-electron chi connectivity index (χ1n) is 12.5. The molecule has 1 atom stereocenters. The summed E-state index contributed by atoms with van der Waals surface area (Å²) in [5, 5.41) is 0.